The van der Waals surface area contributed by atoms with Crippen LogP contribution in [0.25, 0.3) is 0 Å². The first-order valence-corrected chi connectivity index (χ1v) is 10.0. The molecule has 0 bridgehead atoms. The van der Waals surface area contributed by atoms with E-state index >= 15 is 0 Å². The minimum Gasteiger partial charge on any atom is -0.444 e. The van der Waals surface area contributed by atoms with Crippen molar-refractivity contribution >= 4 is 17.9 Å². The Morgan fingerprint density at radius 2 is 2.12 bits per heavy atom. The molecular formula is C18H29N3O3S. The number of aromatic nitrogens is 2. The molecule has 2 rings (SSSR count). The third-order valence-electron chi connectivity index (χ3n) is 4.01. The molecule has 1 fully saturated rings. The highest BCUT2D eigenvalue weighted by molar-refractivity contribution is 7.98. The molecule has 25 heavy (non-hydrogen) atoms. The molecule has 7 heteroatoms. The second kappa shape index (κ2) is 9.38. The van der Waals surface area contributed by atoms with Crippen LogP contribution in [0.1, 0.15) is 45.7 Å². The molecule has 1 amide bonds. The van der Waals surface area contributed by atoms with E-state index in [1.807, 2.05) is 31.9 Å². The van der Waals surface area contributed by atoms with Crippen molar-refractivity contribution in [2.75, 3.05) is 26.0 Å². The first-order chi connectivity index (χ1) is 11.9. The van der Waals surface area contributed by atoms with Gasteiger partial charge in [-0.3, -0.25) is 4.98 Å². The summed E-state index contributed by atoms with van der Waals surface area (Å²) in [6, 6.07) is 0. The summed E-state index contributed by atoms with van der Waals surface area (Å²) in [6.07, 6.45) is 8.26. The molecule has 1 aromatic heterocycles. The van der Waals surface area contributed by atoms with E-state index in [0.29, 0.717) is 19.1 Å². The van der Waals surface area contributed by atoms with Gasteiger partial charge in [0.05, 0.1) is 12.3 Å². The van der Waals surface area contributed by atoms with Crippen LogP contribution in [0, 0.1) is 5.92 Å². The third kappa shape index (κ3) is 6.82. The van der Waals surface area contributed by atoms with Crippen molar-refractivity contribution in [3.05, 3.63) is 18.1 Å². The monoisotopic (exact) mass is 367 g/mol. The Morgan fingerprint density at radius 3 is 2.84 bits per heavy atom. The molecule has 140 valence electrons. The van der Waals surface area contributed by atoms with Crippen molar-refractivity contribution in [3.63, 3.8) is 0 Å². The number of carbonyl (C=O) groups excluding carboxylic acids is 1. The van der Waals surface area contributed by atoms with Gasteiger partial charge in [0.25, 0.3) is 0 Å². The van der Waals surface area contributed by atoms with Crippen molar-refractivity contribution in [3.8, 4) is 0 Å². The van der Waals surface area contributed by atoms with Crippen LogP contribution < -0.4 is 0 Å². The Labute approximate surface area is 154 Å². The van der Waals surface area contributed by atoms with Crippen molar-refractivity contribution in [1.82, 2.24) is 14.9 Å². The summed E-state index contributed by atoms with van der Waals surface area (Å²) in [4.78, 5) is 22.6. The fraction of sp³-hybridized carbons (Fsp3) is 0.722. The molecule has 1 aromatic rings. The molecule has 1 aliphatic heterocycles. The molecule has 0 saturated carbocycles. The van der Waals surface area contributed by atoms with Gasteiger partial charge in [0.15, 0.2) is 0 Å². The summed E-state index contributed by atoms with van der Waals surface area (Å²) in [5, 5.41) is 0.913. The normalized spacial score (nSPS) is 18.2. The van der Waals surface area contributed by atoms with E-state index in [9.17, 15) is 4.79 Å². The number of carbonyl (C=O) groups is 1. The first kappa shape index (κ1) is 20.0. The lowest BCUT2D eigenvalue weighted by Gasteiger charge is -2.34. The van der Waals surface area contributed by atoms with Gasteiger partial charge in [-0.15, -0.1) is 11.8 Å². The predicted octanol–water partition coefficient (Wildman–Crippen LogP) is 3.75. The minimum absolute atomic E-state index is 0.206. The van der Waals surface area contributed by atoms with E-state index in [1.54, 1.807) is 24.2 Å². The summed E-state index contributed by atoms with van der Waals surface area (Å²) < 4.78 is 11.3. The van der Waals surface area contributed by atoms with E-state index in [2.05, 4.69) is 9.97 Å². The number of piperidine rings is 1. The topological polar surface area (TPSA) is 64.6 Å². The molecule has 0 radical (unpaired) electrons. The van der Waals surface area contributed by atoms with Gasteiger partial charge in [-0.25, -0.2) is 9.78 Å². The van der Waals surface area contributed by atoms with Gasteiger partial charge in [-0.1, -0.05) is 0 Å². The molecule has 1 unspecified atom stereocenters. The molecule has 1 aliphatic rings. The summed E-state index contributed by atoms with van der Waals surface area (Å²) >= 11 is 1.58. The molecule has 1 atom stereocenters. The summed E-state index contributed by atoms with van der Waals surface area (Å²) in [5.74, 6) is 0.461. The standard InChI is InChI=1S/C18H29N3O3S/c1-18(2,3)24-17(22)21-10-5-6-14(12-21)7-11-23-13-15-16(25-4)20-9-8-19-15/h8-9,14H,5-7,10-13H2,1-4H3. The van der Waals surface area contributed by atoms with E-state index in [1.165, 1.54) is 0 Å². The fourth-order valence-corrected chi connectivity index (χ4v) is 3.35. The average molecular weight is 368 g/mol. The average Bonchev–Trinajstić information content (AvgIpc) is 2.58. The smallest absolute Gasteiger partial charge is 0.410 e. The van der Waals surface area contributed by atoms with Crippen LogP contribution in [-0.2, 0) is 16.1 Å². The SMILES string of the molecule is CSc1nccnc1COCCC1CCCN(C(=O)OC(C)(C)C)C1. The lowest BCUT2D eigenvalue weighted by Crippen LogP contribution is -2.43. The number of amides is 1. The van der Waals surface area contributed by atoms with E-state index in [4.69, 9.17) is 9.47 Å². The highest BCUT2D eigenvalue weighted by atomic mass is 32.2. The van der Waals surface area contributed by atoms with Crippen LogP contribution in [0.4, 0.5) is 4.79 Å². The van der Waals surface area contributed by atoms with Crippen LogP contribution in [0.15, 0.2) is 17.4 Å². The zero-order chi connectivity index (χ0) is 18.3. The second-order valence-electron chi connectivity index (χ2n) is 7.29. The second-order valence-corrected chi connectivity index (χ2v) is 8.08. The zero-order valence-corrected chi connectivity index (χ0v) is 16.5. The molecule has 0 aliphatic carbocycles. The molecule has 0 N–H and O–H groups in total. The highest BCUT2D eigenvalue weighted by Crippen LogP contribution is 2.22. The number of ether oxygens (including phenoxy) is 2. The summed E-state index contributed by atoms with van der Waals surface area (Å²) in [6.45, 7) is 8.37. The largest absolute Gasteiger partial charge is 0.444 e. The van der Waals surface area contributed by atoms with Crippen molar-refractivity contribution in [2.24, 2.45) is 5.92 Å². The Morgan fingerprint density at radius 1 is 1.36 bits per heavy atom. The lowest BCUT2D eigenvalue weighted by molar-refractivity contribution is 0.0134. The van der Waals surface area contributed by atoms with Crippen molar-refractivity contribution in [1.29, 1.82) is 0 Å². The van der Waals surface area contributed by atoms with Gasteiger partial charge in [-0.2, -0.15) is 0 Å². The van der Waals surface area contributed by atoms with Gasteiger partial charge in [0, 0.05) is 32.1 Å². The number of hydrogen-bond acceptors (Lipinski definition) is 6. The van der Waals surface area contributed by atoms with E-state index < -0.39 is 5.60 Å². The Hall–Kier alpha value is -1.34. The zero-order valence-electron chi connectivity index (χ0n) is 15.7. The van der Waals surface area contributed by atoms with Crippen molar-refractivity contribution in [2.45, 2.75) is 57.3 Å². The van der Waals surface area contributed by atoms with Gasteiger partial charge in [-0.05, 0) is 52.2 Å². The van der Waals surface area contributed by atoms with E-state index in [-0.39, 0.29) is 6.09 Å². The Kier molecular flexibility index (Phi) is 7.50. The molecule has 6 nitrogen and oxygen atoms in total. The number of hydrogen-bond donors (Lipinski definition) is 0. The van der Waals surface area contributed by atoms with Crippen LogP contribution in [-0.4, -0.2) is 52.5 Å². The van der Waals surface area contributed by atoms with E-state index in [0.717, 1.165) is 43.1 Å². The number of nitrogens with zero attached hydrogens (tertiary/aromatic N) is 3. The highest BCUT2D eigenvalue weighted by Gasteiger charge is 2.27. The number of likely N-dealkylation sites (tertiary alicyclic amines) is 1. The molecule has 0 aromatic carbocycles. The molecule has 0 spiro atoms. The number of rotatable bonds is 6. The van der Waals surface area contributed by atoms with Crippen LogP contribution in [0.2, 0.25) is 0 Å². The maximum absolute atomic E-state index is 12.2. The van der Waals surface area contributed by atoms with Gasteiger partial charge >= 0.3 is 6.09 Å². The maximum Gasteiger partial charge on any atom is 0.410 e. The van der Waals surface area contributed by atoms with Crippen LogP contribution >= 0.6 is 11.8 Å². The molecule has 1 saturated heterocycles. The predicted molar refractivity (Wildman–Crippen MR) is 98.6 cm³/mol. The quantitative estimate of drug-likeness (QED) is 0.563. The van der Waals surface area contributed by atoms with Crippen molar-refractivity contribution < 1.29 is 14.3 Å². The van der Waals surface area contributed by atoms with Crippen LogP contribution in [0.3, 0.4) is 0 Å². The van der Waals surface area contributed by atoms with Gasteiger partial charge in [0.1, 0.15) is 10.6 Å². The third-order valence-corrected chi connectivity index (χ3v) is 4.74. The fourth-order valence-electron chi connectivity index (χ4n) is 2.84. The minimum atomic E-state index is -0.446. The number of thioether (sulfide) groups is 1. The van der Waals surface area contributed by atoms with Gasteiger partial charge in [0.2, 0.25) is 0 Å². The summed E-state index contributed by atoms with van der Waals surface area (Å²) in [5.41, 5.74) is 0.438. The lowest BCUT2D eigenvalue weighted by atomic mass is 9.95. The first-order valence-electron chi connectivity index (χ1n) is 8.78. The van der Waals surface area contributed by atoms with Crippen LogP contribution in [0.5, 0.6) is 0 Å². The molecular weight excluding hydrogens is 338 g/mol. The molecule has 2 heterocycles. The maximum atomic E-state index is 12.2. The van der Waals surface area contributed by atoms with Gasteiger partial charge < -0.3 is 14.4 Å². The Bertz CT molecular complexity index is 563. The summed E-state index contributed by atoms with van der Waals surface area (Å²) in [7, 11) is 0. The Balaban J connectivity index is 1.73.